The van der Waals surface area contributed by atoms with Crippen LogP contribution >= 0.6 is 0 Å². The Labute approximate surface area is 129 Å². The third kappa shape index (κ3) is 2.57. The number of hydrogen-bond acceptors (Lipinski definition) is 4. The van der Waals surface area contributed by atoms with Crippen molar-refractivity contribution in [2.45, 2.75) is 12.5 Å². The van der Waals surface area contributed by atoms with E-state index in [1.807, 2.05) is 30.3 Å². The number of nitrogens with zero attached hydrogens (tertiary/aromatic N) is 1. The number of aromatic nitrogens is 1. The highest BCUT2D eigenvalue weighted by atomic mass is 16.5. The van der Waals surface area contributed by atoms with Crippen LogP contribution in [0.5, 0.6) is 0 Å². The van der Waals surface area contributed by atoms with Gasteiger partial charge in [-0.3, -0.25) is 0 Å². The van der Waals surface area contributed by atoms with Gasteiger partial charge in [0.05, 0.1) is 6.10 Å². The van der Waals surface area contributed by atoms with Crippen LogP contribution in [-0.2, 0) is 4.74 Å². The van der Waals surface area contributed by atoms with Crippen molar-refractivity contribution in [1.29, 1.82) is 0 Å². The van der Waals surface area contributed by atoms with Crippen molar-refractivity contribution in [2.24, 2.45) is 5.92 Å². The van der Waals surface area contributed by atoms with Crippen LogP contribution in [0.3, 0.4) is 0 Å². The van der Waals surface area contributed by atoms with Gasteiger partial charge in [-0.15, -0.1) is 0 Å². The molecule has 4 heteroatoms. The van der Waals surface area contributed by atoms with Gasteiger partial charge >= 0.3 is 0 Å². The average molecular weight is 294 g/mol. The maximum absolute atomic E-state index is 5.91. The number of rotatable bonds is 4. The van der Waals surface area contributed by atoms with Gasteiger partial charge in [-0.1, -0.05) is 42.5 Å². The lowest BCUT2D eigenvalue weighted by atomic mass is 9.95. The number of hydrogen-bond donors (Lipinski definition) is 1. The predicted octanol–water partition coefficient (Wildman–Crippen LogP) is 4.02. The fourth-order valence-electron chi connectivity index (χ4n) is 3.02. The second kappa shape index (κ2) is 5.81. The van der Waals surface area contributed by atoms with E-state index in [1.165, 1.54) is 5.56 Å². The SMILES string of the molecule is c1ccc(C2OCCC2CNc2nc3ccccc3o2)cc1. The fraction of sp³-hybridized carbons (Fsp3) is 0.278. The summed E-state index contributed by atoms with van der Waals surface area (Å²) in [4.78, 5) is 4.45. The largest absolute Gasteiger partial charge is 0.424 e. The van der Waals surface area contributed by atoms with E-state index in [1.54, 1.807) is 0 Å². The predicted molar refractivity (Wildman–Crippen MR) is 85.7 cm³/mol. The van der Waals surface area contributed by atoms with Crippen LogP contribution in [0.4, 0.5) is 6.01 Å². The molecule has 1 N–H and O–H groups in total. The highest BCUT2D eigenvalue weighted by molar-refractivity contribution is 5.74. The van der Waals surface area contributed by atoms with Crippen molar-refractivity contribution in [3.63, 3.8) is 0 Å². The first-order valence-corrected chi connectivity index (χ1v) is 7.66. The molecule has 0 radical (unpaired) electrons. The van der Waals surface area contributed by atoms with Gasteiger partial charge < -0.3 is 14.5 Å². The van der Waals surface area contributed by atoms with E-state index in [4.69, 9.17) is 9.15 Å². The molecule has 22 heavy (non-hydrogen) atoms. The summed E-state index contributed by atoms with van der Waals surface area (Å²) < 4.78 is 11.6. The van der Waals surface area contributed by atoms with Gasteiger partial charge in [0.25, 0.3) is 6.01 Å². The molecule has 1 fully saturated rings. The monoisotopic (exact) mass is 294 g/mol. The number of oxazole rings is 1. The minimum Gasteiger partial charge on any atom is -0.424 e. The van der Waals surface area contributed by atoms with E-state index >= 15 is 0 Å². The van der Waals surface area contributed by atoms with E-state index in [0.29, 0.717) is 11.9 Å². The lowest BCUT2D eigenvalue weighted by Crippen LogP contribution is -2.18. The van der Waals surface area contributed by atoms with Crippen LogP contribution in [0, 0.1) is 5.92 Å². The summed E-state index contributed by atoms with van der Waals surface area (Å²) in [5.74, 6) is 0.428. The molecule has 4 rings (SSSR count). The van der Waals surface area contributed by atoms with Crippen LogP contribution in [0.2, 0.25) is 0 Å². The Morgan fingerprint density at radius 1 is 1.05 bits per heavy atom. The molecule has 1 aromatic heterocycles. The highest BCUT2D eigenvalue weighted by Crippen LogP contribution is 2.34. The Balaban J connectivity index is 1.46. The third-order valence-corrected chi connectivity index (χ3v) is 4.15. The molecule has 4 nitrogen and oxygen atoms in total. The van der Waals surface area contributed by atoms with E-state index in [-0.39, 0.29) is 6.10 Å². The lowest BCUT2D eigenvalue weighted by Gasteiger charge is -2.18. The Morgan fingerprint density at radius 2 is 1.86 bits per heavy atom. The zero-order valence-corrected chi connectivity index (χ0v) is 12.2. The fourth-order valence-corrected chi connectivity index (χ4v) is 3.02. The van der Waals surface area contributed by atoms with E-state index in [0.717, 1.165) is 30.7 Å². The molecule has 1 saturated heterocycles. The normalized spacial score (nSPS) is 21.3. The number of fused-ring (bicyclic) bond motifs is 1. The molecule has 0 saturated carbocycles. The molecule has 0 bridgehead atoms. The zero-order chi connectivity index (χ0) is 14.8. The molecular formula is C18H18N2O2. The number of ether oxygens (including phenoxy) is 1. The van der Waals surface area contributed by atoms with Crippen LogP contribution in [0.25, 0.3) is 11.1 Å². The molecule has 0 aliphatic carbocycles. The number of para-hydroxylation sites is 2. The van der Waals surface area contributed by atoms with Crippen molar-refractivity contribution < 1.29 is 9.15 Å². The number of benzene rings is 2. The van der Waals surface area contributed by atoms with Gasteiger partial charge in [-0.25, -0.2) is 0 Å². The maximum Gasteiger partial charge on any atom is 0.295 e. The summed E-state index contributed by atoms with van der Waals surface area (Å²) in [6, 6.07) is 18.8. The topological polar surface area (TPSA) is 47.3 Å². The quantitative estimate of drug-likeness (QED) is 0.789. The molecule has 0 amide bonds. The van der Waals surface area contributed by atoms with Crippen molar-refractivity contribution >= 4 is 17.1 Å². The van der Waals surface area contributed by atoms with Crippen LogP contribution in [-0.4, -0.2) is 18.1 Å². The van der Waals surface area contributed by atoms with Crippen LogP contribution in [0.1, 0.15) is 18.1 Å². The molecule has 2 heterocycles. The minimum absolute atomic E-state index is 0.151. The first kappa shape index (κ1) is 13.3. The standard InChI is InChI=1S/C18H18N2O2/c1-2-6-13(7-3-1)17-14(10-11-21-17)12-19-18-20-15-8-4-5-9-16(15)22-18/h1-9,14,17H,10-12H2,(H,19,20). The molecule has 1 aliphatic rings. The van der Waals surface area contributed by atoms with Gasteiger partial charge in [0.2, 0.25) is 0 Å². The smallest absolute Gasteiger partial charge is 0.295 e. The highest BCUT2D eigenvalue weighted by Gasteiger charge is 2.29. The molecule has 1 aliphatic heterocycles. The third-order valence-electron chi connectivity index (χ3n) is 4.15. The van der Waals surface area contributed by atoms with Gasteiger partial charge in [0, 0.05) is 19.1 Å². The molecule has 2 unspecified atom stereocenters. The number of nitrogens with one attached hydrogen (secondary N) is 1. The van der Waals surface area contributed by atoms with Crippen molar-refractivity contribution in [1.82, 2.24) is 4.98 Å². The van der Waals surface area contributed by atoms with Crippen molar-refractivity contribution in [2.75, 3.05) is 18.5 Å². The summed E-state index contributed by atoms with van der Waals surface area (Å²) in [7, 11) is 0. The van der Waals surface area contributed by atoms with E-state index in [2.05, 4.69) is 34.6 Å². The van der Waals surface area contributed by atoms with Crippen molar-refractivity contribution in [3.8, 4) is 0 Å². The van der Waals surface area contributed by atoms with E-state index in [9.17, 15) is 0 Å². The molecular weight excluding hydrogens is 276 g/mol. The molecule has 112 valence electrons. The summed E-state index contributed by atoms with van der Waals surface area (Å²) in [5, 5.41) is 3.32. The zero-order valence-electron chi connectivity index (χ0n) is 12.2. The van der Waals surface area contributed by atoms with Crippen molar-refractivity contribution in [3.05, 3.63) is 60.2 Å². The van der Waals surface area contributed by atoms with Gasteiger partial charge in [0.15, 0.2) is 5.58 Å². The van der Waals surface area contributed by atoms with Gasteiger partial charge in [-0.05, 0) is 24.1 Å². The van der Waals surface area contributed by atoms with Crippen LogP contribution in [0.15, 0.2) is 59.0 Å². The number of anilines is 1. The van der Waals surface area contributed by atoms with E-state index < -0.39 is 0 Å². The maximum atomic E-state index is 5.91. The Kier molecular flexibility index (Phi) is 3.52. The van der Waals surface area contributed by atoms with Gasteiger partial charge in [0.1, 0.15) is 5.52 Å². The molecule has 0 spiro atoms. The molecule has 2 aromatic carbocycles. The molecule has 3 aromatic rings. The minimum atomic E-state index is 0.151. The summed E-state index contributed by atoms with van der Waals surface area (Å²) in [6.45, 7) is 1.60. The second-order valence-electron chi connectivity index (χ2n) is 5.62. The first-order chi connectivity index (χ1) is 10.9. The first-order valence-electron chi connectivity index (χ1n) is 7.66. The Morgan fingerprint density at radius 3 is 2.73 bits per heavy atom. The average Bonchev–Trinajstić information content (AvgIpc) is 3.20. The Hall–Kier alpha value is -2.33. The molecule has 2 atom stereocenters. The van der Waals surface area contributed by atoms with Crippen LogP contribution < -0.4 is 5.32 Å². The lowest BCUT2D eigenvalue weighted by molar-refractivity contribution is 0.0932. The second-order valence-corrected chi connectivity index (χ2v) is 5.62. The van der Waals surface area contributed by atoms with Gasteiger partial charge in [-0.2, -0.15) is 4.98 Å². The summed E-state index contributed by atoms with van der Waals surface area (Å²) >= 11 is 0. The summed E-state index contributed by atoms with van der Waals surface area (Å²) in [5.41, 5.74) is 2.93. The Bertz CT molecular complexity index is 721. The summed E-state index contributed by atoms with van der Waals surface area (Å²) in [6.07, 6.45) is 1.20.